The SMILES string of the molecule is Cc1cccc(-c2[nH]ncc2-c2ccc3ncc(N(C)C4CCN(C(C)C)C4)cc3n2)n1. The second kappa shape index (κ2) is 8.31. The number of aromatic nitrogens is 5. The maximum atomic E-state index is 4.95. The van der Waals surface area contributed by atoms with Crippen LogP contribution in [0, 0.1) is 6.92 Å². The Hall–Kier alpha value is -3.32. The zero-order chi connectivity index (χ0) is 22.2. The standard InChI is InChI=1S/C25H29N7/c1-16(2)32-11-10-18(15-32)31(4)19-12-24-22(26-13-19)9-8-21(29-24)20-14-27-30-25(20)23-7-5-6-17(3)28-23/h5-9,12-14,16,18H,10-11,15H2,1-4H3,(H,27,30). The third-order valence-electron chi connectivity index (χ3n) is 6.46. The lowest BCUT2D eigenvalue weighted by molar-refractivity contribution is 0.272. The minimum Gasteiger partial charge on any atom is -0.369 e. The number of hydrogen-bond donors (Lipinski definition) is 1. The lowest BCUT2D eigenvalue weighted by Crippen LogP contribution is -2.36. The second-order valence-electron chi connectivity index (χ2n) is 8.89. The van der Waals surface area contributed by atoms with Crippen LogP contribution in [0.1, 0.15) is 26.0 Å². The van der Waals surface area contributed by atoms with Crippen LogP contribution in [0.25, 0.3) is 33.7 Å². The minimum absolute atomic E-state index is 0.493. The molecule has 5 rings (SSSR count). The number of H-pyrrole nitrogens is 1. The topological polar surface area (TPSA) is 73.8 Å². The molecule has 1 atom stereocenters. The van der Waals surface area contributed by atoms with E-state index in [1.54, 1.807) is 0 Å². The van der Waals surface area contributed by atoms with Gasteiger partial charge in [0.1, 0.15) is 0 Å². The van der Waals surface area contributed by atoms with Gasteiger partial charge in [0.05, 0.1) is 46.2 Å². The van der Waals surface area contributed by atoms with E-state index in [4.69, 9.17) is 4.98 Å². The molecule has 0 spiro atoms. The molecule has 1 saturated heterocycles. The molecule has 164 valence electrons. The van der Waals surface area contributed by atoms with Gasteiger partial charge in [-0.05, 0) is 57.5 Å². The number of pyridine rings is 3. The van der Waals surface area contributed by atoms with Gasteiger partial charge in [-0.1, -0.05) is 6.07 Å². The van der Waals surface area contributed by atoms with Crippen LogP contribution < -0.4 is 4.90 Å². The van der Waals surface area contributed by atoms with Gasteiger partial charge in [-0.2, -0.15) is 5.10 Å². The molecule has 0 saturated carbocycles. The van der Waals surface area contributed by atoms with Crippen molar-refractivity contribution in [2.24, 2.45) is 0 Å². The maximum Gasteiger partial charge on any atom is 0.0928 e. The Morgan fingerprint density at radius 3 is 2.72 bits per heavy atom. The Kier molecular flexibility index (Phi) is 5.35. The Balaban J connectivity index is 1.47. The van der Waals surface area contributed by atoms with Crippen molar-refractivity contribution in [1.82, 2.24) is 30.0 Å². The molecular weight excluding hydrogens is 398 g/mol. The zero-order valence-electron chi connectivity index (χ0n) is 19.1. The molecular formula is C25H29N7. The van der Waals surface area contributed by atoms with Crippen LogP contribution in [0.4, 0.5) is 5.69 Å². The first kappa shape index (κ1) is 20.6. The Bertz CT molecular complexity index is 1250. The lowest BCUT2D eigenvalue weighted by atomic mass is 10.1. The van der Waals surface area contributed by atoms with Crippen molar-refractivity contribution >= 4 is 16.7 Å². The summed E-state index contributed by atoms with van der Waals surface area (Å²) in [6.07, 6.45) is 4.94. The smallest absolute Gasteiger partial charge is 0.0928 e. The monoisotopic (exact) mass is 427 g/mol. The Morgan fingerprint density at radius 2 is 1.94 bits per heavy atom. The van der Waals surface area contributed by atoms with Gasteiger partial charge in [-0.15, -0.1) is 0 Å². The Labute approximate surface area is 188 Å². The molecule has 0 radical (unpaired) electrons. The highest BCUT2D eigenvalue weighted by Gasteiger charge is 2.27. The number of hydrogen-bond acceptors (Lipinski definition) is 6. The van der Waals surface area contributed by atoms with Gasteiger partial charge in [-0.3, -0.25) is 20.0 Å². The number of aryl methyl sites for hydroxylation is 1. The van der Waals surface area contributed by atoms with Crippen LogP contribution in [0.2, 0.25) is 0 Å². The summed E-state index contributed by atoms with van der Waals surface area (Å²) in [6.45, 7) is 8.75. The number of nitrogens with one attached hydrogen (secondary N) is 1. The average Bonchev–Trinajstić information content (AvgIpc) is 3.48. The van der Waals surface area contributed by atoms with E-state index >= 15 is 0 Å². The third-order valence-corrected chi connectivity index (χ3v) is 6.46. The summed E-state index contributed by atoms with van der Waals surface area (Å²) in [5, 5.41) is 7.37. The predicted molar refractivity (Wildman–Crippen MR) is 129 cm³/mol. The minimum atomic E-state index is 0.493. The number of aromatic amines is 1. The molecule has 7 heteroatoms. The van der Waals surface area contributed by atoms with Crippen LogP contribution in [0.5, 0.6) is 0 Å². The molecule has 1 fully saturated rings. The van der Waals surface area contributed by atoms with Crippen LogP contribution >= 0.6 is 0 Å². The highest BCUT2D eigenvalue weighted by Crippen LogP contribution is 2.30. The highest BCUT2D eigenvalue weighted by atomic mass is 15.3. The van der Waals surface area contributed by atoms with E-state index in [0.717, 1.165) is 58.1 Å². The fourth-order valence-electron chi connectivity index (χ4n) is 4.46. The fraction of sp³-hybridized carbons (Fsp3) is 0.360. The molecule has 0 amide bonds. The summed E-state index contributed by atoms with van der Waals surface area (Å²) >= 11 is 0. The summed E-state index contributed by atoms with van der Waals surface area (Å²) in [5.41, 5.74) is 7.38. The second-order valence-corrected chi connectivity index (χ2v) is 8.89. The van der Waals surface area contributed by atoms with E-state index in [1.165, 1.54) is 6.42 Å². The van der Waals surface area contributed by atoms with Gasteiger partial charge >= 0.3 is 0 Å². The van der Waals surface area contributed by atoms with E-state index in [-0.39, 0.29) is 0 Å². The zero-order valence-corrected chi connectivity index (χ0v) is 19.1. The summed E-state index contributed by atoms with van der Waals surface area (Å²) < 4.78 is 0. The first-order valence-corrected chi connectivity index (χ1v) is 11.2. The molecule has 0 aromatic carbocycles. The molecule has 4 aromatic heterocycles. The van der Waals surface area contributed by atoms with Crippen LogP contribution in [0.3, 0.4) is 0 Å². The molecule has 1 aliphatic rings. The van der Waals surface area contributed by atoms with E-state index in [1.807, 2.05) is 49.6 Å². The molecule has 7 nitrogen and oxygen atoms in total. The van der Waals surface area contributed by atoms with E-state index in [0.29, 0.717) is 12.1 Å². The van der Waals surface area contributed by atoms with Crippen LogP contribution in [-0.2, 0) is 0 Å². The number of fused-ring (bicyclic) bond motifs is 1. The highest BCUT2D eigenvalue weighted by molar-refractivity contribution is 5.84. The van der Waals surface area contributed by atoms with E-state index in [2.05, 4.69) is 56.9 Å². The average molecular weight is 428 g/mol. The molecule has 0 aliphatic carbocycles. The van der Waals surface area contributed by atoms with Gasteiger partial charge in [0.25, 0.3) is 0 Å². The summed E-state index contributed by atoms with van der Waals surface area (Å²) in [5.74, 6) is 0. The molecule has 1 unspecified atom stereocenters. The van der Waals surface area contributed by atoms with E-state index in [9.17, 15) is 0 Å². The quantitative estimate of drug-likeness (QED) is 0.512. The summed E-state index contributed by atoms with van der Waals surface area (Å²) in [6, 6.07) is 13.2. The first-order chi connectivity index (χ1) is 15.5. The molecule has 1 aliphatic heterocycles. The van der Waals surface area contributed by atoms with Gasteiger partial charge in [0.15, 0.2) is 0 Å². The largest absolute Gasteiger partial charge is 0.369 e. The van der Waals surface area contributed by atoms with Gasteiger partial charge < -0.3 is 4.90 Å². The van der Waals surface area contributed by atoms with Crippen LogP contribution in [0.15, 0.2) is 48.8 Å². The first-order valence-electron chi connectivity index (χ1n) is 11.2. The summed E-state index contributed by atoms with van der Waals surface area (Å²) in [4.78, 5) is 19.2. The van der Waals surface area contributed by atoms with Crippen molar-refractivity contribution in [2.75, 3.05) is 25.0 Å². The van der Waals surface area contributed by atoms with Crippen molar-refractivity contribution in [2.45, 2.75) is 39.3 Å². The maximum absolute atomic E-state index is 4.95. The lowest BCUT2D eigenvalue weighted by Gasteiger charge is -2.27. The van der Waals surface area contributed by atoms with Crippen molar-refractivity contribution < 1.29 is 0 Å². The van der Waals surface area contributed by atoms with Crippen molar-refractivity contribution in [3.63, 3.8) is 0 Å². The number of anilines is 1. The molecule has 4 aromatic rings. The normalized spacial score (nSPS) is 16.8. The number of rotatable bonds is 5. The predicted octanol–water partition coefficient (Wildman–Crippen LogP) is 4.31. The third kappa shape index (κ3) is 3.84. The molecule has 5 heterocycles. The number of nitrogens with zero attached hydrogens (tertiary/aromatic N) is 6. The van der Waals surface area contributed by atoms with Crippen molar-refractivity contribution in [1.29, 1.82) is 0 Å². The number of likely N-dealkylation sites (N-methyl/N-ethyl adjacent to an activating group) is 1. The van der Waals surface area contributed by atoms with Gasteiger partial charge in [0, 0.05) is 43.5 Å². The number of likely N-dealkylation sites (tertiary alicyclic amines) is 1. The van der Waals surface area contributed by atoms with Gasteiger partial charge in [0.2, 0.25) is 0 Å². The summed E-state index contributed by atoms with van der Waals surface area (Å²) in [7, 11) is 2.17. The Morgan fingerprint density at radius 1 is 1.06 bits per heavy atom. The van der Waals surface area contributed by atoms with E-state index < -0.39 is 0 Å². The molecule has 32 heavy (non-hydrogen) atoms. The van der Waals surface area contributed by atoms with Crippen molar-refractivity contribution in [3.8, 4) is 22.6 Å². The van der Waals surface area contributed by atoms with Gasteiger partial charge in [-0.25, -0.2) is 4.98 Å². The fourth-order valence-corrected chi connectivity index (χ4v) is 4.46. The van der Waals surface area contributed by atoms with Crippen LogP contribution in [-0.4, -0.2) is 62.3 Å². The molecule has 0 bridgehead atoms. The molecule has 1 N–H and O–H groups in total. The van der Waals surface area contributed by atoms with Crippen molar-refractivity contribution in [3.05, 3.63) is 54.5 Å².